The molecule has 1 unspecified atom stereocenters. The Morgan fingerprint density at radius 1 is 1.63 bits per heavy atom. The molecule has 1 saturated heterocycles. The highest BCUT2D eigenvalue weighted by Gasteiger charge is 2.25. The number of rotatable bonds is 2. The minimum Gasteiger partial charge on any atom is -0.382 e. The van der Waals surface area contributed by atoms with Crippen molar-refractivity contribution in [3.63, 3.8) is 0 Å². The number of carbonyl (C=O) groups excluding carboxylic acids is 1. The summed E-state index contributed by atoms with van der Waals surface area (Å²) >= 11 is 5.91. The Morgan fingerprint density at radius 3 is 3.00 bits per heavy atom. The molecule has 2 heterocycles. The molecule has 1 amide bonds. The Bertz CT molecular complexity index is 480. The van der Waals surface area contributed by atoms with Crippen LogP contribution in [-0.2, 0) is 0 Å². The van der Waals surface area contributed by atoms with Gasteiger partial charge in [-0.2, -0.15) is 0 Å². The number of hydrogen-bond acceptors (Lipinski definition) is 4. The molecule has 0 aliphatic carbocycles. The number of nitrogens with zero attached hydrogens (tertiary/aromatic N) is 3. The molecule has 1 aromatic rings. The van der Waals surface area contributed by atoms with Gasteiger partial charge in [-0.25, -0.2) is 4.98 Å². The second-order valence-electron chi connectivity index (χ2n) is 5.07. The van der Waals surface area contributed by atoms with Crippen molar-refractivity contribution in [3.8, 4) is 0 Å². The minimum atomic E-state index is -0.0605. The largest absolute Gasteiger partial charge is 0.382 e. The zero-order valence-corrected chi connectivity index (χ0v) is 12.0. The molecule has 2 N–H and O–H groups in total. The van der Waals surface area contributed by atoms with E-state index < -0.39 is 0 Å². The number of likely N-dealkylation sites (N-methyl/N-ethyl adjacent to an activating group) is 2. The predicted octanol–water partition coefficient (Wildman–Crippen LogP) is 1.48. The van der Waals surface area contributed by atoms with E-state index in [9.17, 15) is 4.79 Å². The van der Waals surface area contributed by atoms with E-state index in [-0.39, 0.29) is 17.8 Å². The molecule has 0 radical (unpaired) electrons. The molecule has 1 aromatic heterocycles. The highest BCUT2D eigenvalue weighted by molar-refractivity contribution is 6.33. The number of likely N-dealkylation sites (tertiary alicyclic amines) is 1. The van der Waals surface area contributed by atoms with Crippen LogP contribution in [0.25, 0.3) is 0 Å². The average molecular weight is 283 g/mol. The fourth-order valence-corrected chi connectivity index (χ4v) is 2.56. The Balaban J connectivity index is 2.11. The van der Waals surface area contributed by atoms with E-state index in [2.05, 4.69) is 16.9 Å². The lowest BCUT2D eigenvalue weighted by Gasteiger charge is -2.35. The molecule has 1 atom stereocenters. The number of nitrogen functional groups attached to an aromatic ring is 1. The van der Waals surface area contributed by atoms with E-state index in [1.54, 1.807) is 11.0 Å². The van der Waals surface area contributed by atoms with Gasteiger partial charge in [0.1, 0.15) is 5.82 Å². The maximum absolute atomic E-state index is 12.4. The van der Waals surface area contributed by atoms with Crippen LogP contribution >= 0.6 is 11.6 Å². The molecule has 0 saturated carbocycles. The molecule has 0 spiro atoms. The highest BCUT2D eigenvalue weighted by atomic mass is 35.5. The number of carbonyl (C=O) groups is 1. The predicted molar refractivity (Wildman–Crippen MR) is 76.3 cm³/mol. The topological polar surface area (TPSA) is 62.5 Å². The van der Waals surface area contributed by atoms with E-state index >= 15 is 0 Å². The molecular formula is C13H19ClN4O. The number of anilines is 1. The van der Waals surface area contributed by atoms with Gasteiger partial charge in [-0.15, -0.1) is 0 Å². The third kappa shape index (κ3) is 3.16. The molecule has 6 heteroatoms. The normalized spacial score (nSPS) is 20.3. The second-order valence-corrected chi connectivity index (χ2v) is 5.47. The van der Waals surface area contributed by atoms with E-state index in [4.69, 9.17) is 17.3 Å². The van der Waals surface area contributed by atoms with Crippen LogP contribution in [0.4, 0.5) is 5.82 Å². The molecule has 19 heavy (non-hydrogen) atoms. The van der Waals surface area contributed by atoms with E-state index in [1.807, 2.05) is 7.05 Å². The number of halogens is 1. The summed E-state index contributed by atoms with van der Waals surface area (Å²) in [5.41, 5.74) is 6.03. The zero-order chi connectivity index (χ0) is 14.0. The lowest BCUT2D eigenvalue weighted by Crippen LogP contribution is -2.47. The first-order valence-electron chi connectivity index (χ1n) is 6.35. The summed E-state index contributed by atoms with van der Waals surface area (Å²) in [5, 5.41) is 0.319. The van der Waals surface area contributed by atoms with Crippen LogP contribution < -0.4 is 5.73 Å². The first kappa shape index (κ1) is 14.1. The first-order valence-corrected chi connectivity index (χ1v) is 6.73. The molecule has 5 nitrogen and oxygen atoms in total. The van der Waals surface area contributed by atoms with Crippen LogP contribution in [0.3, 0.4) is 0 Å². The number of hydrogen-bond donors (Lipinski definition) is 1. The average Bonchev–Trinajstić information content (AvgIpc) is 2.40. The van der Waals surface area contributed by atoms with Crippen LogP contribution in [0.5, 0.6) is 0 Å². The maximum Gasteiger partial charge on any atom is 0.255 e. The molecule has 2 rings (SSSR count). The van der Waals surface area contributed by atoms with Gasteiger partial charge in [-0.1, -0.05) is 11.6 Å². The summed E-state index contributed by atoms with van der Waals surface area (Å²) in [6.45, 7) is 1.99. The molecule has 0 aromatic carbocycles. The van der Waals surface area contributed by atoms with Crippen LogP contribution in [0.15, 0.2) is 12.3 Å². The number of pyridine rings is 1. The Hall–Kier alpha value is -1.33. The highest BCUT2D eigenvalue weighted by Crippen LogP contribution is 2.20. The number of nitrogens with two attached hydrogens (primary N) is 1. The van der Waals surface area contributed by atoms with Crippen LogP contribution in [-0.4, -0.2) is 53.9 Å². The number of piperidine rings is 1. The van der Waals surface area contributed by atoms with Gasteiger partial charge >= 0.3 is 0 Å². The number of amides is 1. The van der Waals surface area contributed by atoms with E-state index in [0.29, 0.717) is 10.6 Å². The SMILES string of the molecule is CN1CCCC(N(C)C(=O)c2cnc(N)c(Cl)c2)C1. The summed E-state index contributed by atoms with van der Waals surface area (Å²) in [4.78, 5) is 20.3. The fourth-order valence-electron chi connectivity index (χ4n) is 2.39. The van der Waals surface area contributed by atoms with Gasteiger partial charge in [0.2, 0.25) is 0 Å². The van der Waals surface area contributed by atoms with Crippen LogP contribution in [0.1, 0.15) is 23.2 Å². The summed E-state index contributed by atoms with van der Waals surface area (Å²) in [5.74, 6) is 0.188. The van der Waals surface area contributed by atoms with Crippen molar-refractivity contribution < 1.29 is 4.79 Å². The monoisotopic (exact) mass is 282 g/mol. The van der Waals surface area contributed by atoms with Gasteiger partial charge in [0, 0.05) is 25.8 Å². The van der Waals surface area contributed by atoms with Crippen LogP contribution in [0, 0.1) is 0 Å². The Morgan fingerprint density at radius 2 is 2.37 bits per heavy atom. The van der Waals surface area contributed by atoms with Gasteiger partial charge in [0.05, 0.1) is 10.6 Å². The van der Waals surface area contributed by atoms with Gasteiger partial charge in [-0.3, -0.25) is 4.79 Å². The maximum atomic E-state index is 12.4. The lowest BCUT2D eigenvalue weighted by atomic mass is 10.0. The third-order valence-electron chi connectivity index (χ3n) is 3.58. The molecule has 1 fully saturated rings. The van der Waals surface area contributed by atoms with E-state index in [0.717, 1.165) is 25.9 Å². The smallest absolute Gasteiger partial charge is 0.255 e. The van der Waals surface area contributed by atoms with Crippen molar-refractivity contribution in [2.24, 2.45) is 0 Å². The quantitative estimate of drug-likeness (QED) is 0.893. The Kier molecular flexibility index (Phi) is 4.27. The van der Waals surface area contributed by atoms with Gasteiger partial charge < -0.3 is 15.5 Å². The third-order valence-corrected chi connectivity index (χ3v) is 3.89. The van der Waals surface area contributed by atoms with Crippen molar-refractivity contribution in [1.29, 1.82) is 0 Å². The molecule has 0 bridgehead atoms. The standard InChI is InChI=1S/C13H19ClN4O/c1-17-5-3-4-10(8-17)18(2)13(19)9-6-11(14)12(15)16-7-9/h6-7,10H,3-5,8H2,1-2H3,(H2,15,16). The van der Waals surface area contributed by atoms with E-state index in [1.165, 1.54) is 6.20 Å². The van der Waals surface area contributed by atoms with Gasteiger partial charge in [-0.05, 0) is 32.5 Å². The number of aromatic nitrogens is 1. The summed E-state index contributed by atoms with van der Waals surface area (Å²) in [6.07, 6.45) is 3.62. The Labute approximate surface area is 118 Å². The lowest BCUT2D eigenvalue weighted by molar-refractivity contribution is 0.0643. The molecule has 1 aliphatic rings. The van der Waals surface area contributed by atoms with Gasteiger partial charge in [0.25, 0.3) is 5.91 Å². The van der Waals surface area contributed by atoms with Crippen LogP contribution in [0.2, 0.25) is 5.02 Å². The first-order chi connectivity index (χ1) is 8.99. The summed E-state index contributed by atoms with van der Waals surface area (Å²) in [6, 6.07) is 1.82. The van der Waals surface area contributed by atoms with Crippen molar-refractivity contribution >= 4 is 23.3 Å². The molecular weight excluding hydrogens is 264 g/mol. The van der Waals surface area contributed by atoms with Crippen molar-refractivity contribution in [2.45, 2.75) is 18.9 Å². The summed E-state index contributed by atoms with van der Waals surface area (Å²) < 4.78 is 0. The summed E-state index contributed by atoms with van der Waals surface area (Å²) in [7, 11) is 3.91. The second kappa shape index (κ2) is 5.75. The van der Waals surface area contributed by atoms with Gasteiger partial charge in [0.15, 0.2) is 0 Å². The fraction of sp³-hybridized carbons (Fsp3) is 0.538. The minimum absolute atomic E-state index is 0.0605. The zero-order valence-electron chi connectivity index (χ0n) is 11.3. The van der Waals surface area contributed by atoms with Crippen molar-refractivity contribution in [2.75, 3.05) is 32.9 Å². The molecule has 1 aliphatic heterocycles. The van der Waals surface area contributed by atoms with Crippen molar-refractivity contribution in [3.05, 3.63) is 22.8 Å². The molecule has 104 valence electrons. The van der Waals surface area contributed by atoms with Crippen molar-refractivity contribution in [1.82, 2.24) is 14.8 Å².